The Hall–Kier alpha value is -1.79. The summed E-state index contributed by atoms with van der Waals surface area (Å²) in [6.07, 6.45) is 3.66. The van der Waals surface area contributed by atoms with Crippen molar-refractivity contribution in [2.45, 2.75) is 77.6 Å². The minimum Gasteiger partial charge on any atom is -0.481 e. The zero-order valence-electron chi connectivity index (χ0n) is 19.1. The maximum Gasteiger partial charge on any atom is 0.260 e. The zero-order chi connectivity index (χ0) is 22.6. The van der Waals surface area contributed by atoms with Crippen molar-refractivity contribution in [3.8, 4) is 5.75 Å². The number of aryl methyl sites for hydroxylation is 1. The highest BCUT2D eigenvalue weighted by Gasteiger charge is 2.43. The molecule has 2 heterocycles. The summed E-state index contributed by atoms with van der Waals surface area (Å²) in [7, 11) is 0. The van der Waals surface area contributed by atoms with Crippen molar-refractivity contribution in [2.75, 3.05) is 19.6 Å². The molecule has 2 aliphatic heterocycles. The van der Waals surface area contributed by atoms with Crippen LogP contribution >= 0.6 is 11.6 Å². The highest BCUT2D eigenvalue weighted by molar-refractivity contribution is 6.30. The highest BCUT2D eigenvalue weighted by Crippen LogP contribution is 2.39. The zero-order valence-corrected chi connectivity index (χ0v) is 19.8. The molecule has 0 aliphatic carbocycles. The molecule has 2 amide bonds. The van der Waals surface area contributed by atoms with Gasteiger partial charge in [-0.05, 0) is 69.2 Å². The fraction of sp³-hybridized carbons (Fsp3) is 0.667. The van der Waals surface area contributed by atoms with Crippen LogP contribution in [-0.4, -0.2) is 54.2 Å². The van der Waals surface area contributed by atoms with Crippen LogP contribution in [0, 0.1) is 12.8 Å². The Kier molecular flexibility index (Phi) is 7.87. The Morgan fingerprint density at radius 2 is 1.97 bits per heavy atom. The van der Waals surface area contributed by atoms with Gasteiger partial charge in [0, 0.05) is 31.1 Å². The first-order valence-corrected chi connectivity index (χ1v) is 11.7. The molecular formula is C24H35ClN2O4. The average Bonchev–Trinajstić information content (AvgIpc) is 3.10. The minimum atomic E-state index is -0.606. The smallest absolute Gasteiger partial charge is 0.260 e. The van der Waals surface area contributed by atoms with Gasteiger partial charge in [-0.15, -0.1) is 0 Å². The second-order valence-electron chi connectivity index (χ2n) is 9.36. The molecule has 1 spiro atoms. The van der Waals surface area contributed by atoms with Crippen molar-refractivity contribution in [1.29, 1.82) is 0 Å². The maximum absolute atomic E-state index is 12.5. The van der Waals surface area contributed by atoms with Crippen LogP contribution in [0.15, 0.2) is 18.2 Å². The summed E-state index contributed by atoms with van der Waals surface area (Å²) in [5.41, 5.74) is 0.749. The molecule has 172 valence electrons. The van der Waals surface area contributed by atoms with Gasteiger partial charge in [0.1, 0.15) is 5.75 Å². The lowest BCUT2D eigenvalue weighted by Crippen LogP contribution is -2.47. The molecular weight excluding hydrogens is 416 g/mol. The number of rotatable bonds is 7. The normalized spacial score (nSPS) is 21.4. The van der Waals surface area contributed by atoms with Crippen LogP contribution in [0.25, 0.3) is 0 Å². The summed E-state index contributed by atoms with van der Waals surface area (Å²) in [6.45, 7) is 9.79. The predicted octanol–water partition coefficient (Wildman–Crippen LogP) is 4.12. The Balaban J connectivity index is 1.42. The van der Waals surface area contributed by atoms with E-state index in [2.05, 4.69) is 19.2 Å². The van der Waals surface area contributed by atoms with Gasteiger partial charge in [0.05, 0.1) is 11.7 Å². The third-order valence-electron chi connectivity index (χ3n) is 6.26. The molecule has 7 heteroatoms. The molecule has 2 unspecified atom stereocenters. The number of hydrogen-bond donors (Lipinski definition) is 1. The standard InChI is InChI=1S/C24H35ClN2O4/c1-16(2)13-22(28)27-11-9-24(10-12-27)8-7-20(31-24)15-26-23(29)18(4)30-21-6-5-19(25)14-17(21)3/h5-6,14,16,18,20H,7-13,15H2,1-4H3,(H,26,29). The van der Waals surface area contributed by atoms with Crippen LogP contribution in [0.3, 0.4) is 0 Å². The van der Waals surface area contributed by atoms with Crippen LogP contribution in [0.1, 0.15) is 58.4 Å². The summed E-state index contributed by atoms with van der Waals surface area (Å²) >= 11 is 5.98. The summed E-state index contributed by atoms with van der Waals surface area (Å²) in [6, 6.07) is 5.35. The van der Waals surface area contributed by atoms with Gasteiger partial charge in [0.2, 0.25) is 5.91 Å². The van der Waals surface area contributed by atoms with Crippen molar-refractivity contribution >= 4 is 23.4 Å². The van der Waals surface area contributed by atoms with Crippen molar-refractivity contribution in [3.05, 3.63) is 28.8 Å². The molecule has 2 saturated heterocycles. The van der Waals surface area contributed by atoms with Crippen LogP contribution in [0.5, 0.6) is 5.75 Å². The molecule has 2 atom stereocenters. The summed E-state index contributed by atoms with van der Waals surface area (Å²) in [5.74, 6) is 1.13. The third-order valence-corrected chi connectivity index (χ3v) is 6.50. The van der Waals surface area contributed by atoms with Crippen LogP contribution in [0.2, 0.25) is 5.02 Å². The molecule has 0 saturated carbocycles. The summed E-state index contributed by atoms with van der Waals surface area (Å²) < 4.78 is 12.2. The SMILES string of the molecule is Cc1cc(Cl)ccc1OC(C)C(=O)NCC1CCC2(CCN(C(=O)CC(C)C)CC2)O1. The number of halogens is 1. The average molecular weight is 451 g/mol. The molecule has 1 aromatic carbocycles. The van der Waals surface area contributed by atoms with Gasteiger partial charge in [0.25, 0.3) is 5.91 Å². The van der Waals surface area contributed by atoms with E-state index in [1.54, 1.807) is 19.1 Å². The fourth-order valence-corrected chi connectivity index (χ4v) is 4.62. The second kappa shape index (κ2) is 10.2. The van der Waals surface area contributed by atoms with E-state index in [0.29, 0.717) is 29.7 Å². The number of likely N-dealkylation sites (tertiary alicyclic amines) is 1. The second-order valence-corrected chi connectivity index (χ2v) is 9.79. The van der Waals surface area contributed by atoms with Gasteiger partial charge in [-0.1, -0.05) is 25.4 Å². The van der Waals surface area contributed by atoms with Gasteiger partial charge < -0.3 is 19.7 Å². The molecule has 2 fully saturated rings. The predicted molar refractivity (Wildman–Crippen MR) is 121 cm³/mol. The van der Waals surface area contributed by atoms with E-state index >= 15 is 0 Å². The number of amides is 2. The van der Waals surface area contributed by atoms with Crippen molar-refractivity contribution in [3.63, 3.8) is 0 Å². The van der Waals surface area contributed by atoms with E-state index in [0.717, 1.165) is 44.3 Å². The van der Waals surface area contributed by atoms with Gasteiger partial charge in [-0.2, -0.15) is 0 Å². The lowest BCUT2D eigenvalue weighted by molar-refractivity contribution is -0.139. The number of carbonyl (C=O) groups excluding carboxylic acids is 2. The Morgan fingerprint density at radius 1 is 1.26 bits per heavy atom. The van der Waals surface area contributed by atoms with Gasteiger partial charge in [-0.3, -0.25) is 9.59 Å². The van der Waals surface area contributed by atoms with Crippen LogP contribution in [0.4, 0.5) is 0 Å². The fourth-order valence-electron chi connectivity index (χ4n) is 4.40. The number of carbonyl (C=O) groups is 2. The number of ether oxygens (including phenoxy) is 2. The first kappa shape index (κ1) is 23.9. The number of nitrogens with one attached hydrogen (secondary N) is 1. The summed E-state index contributed by atoms with van der Waals surface area (Å²) in [5, 5.41) is 3.61. The highest BCUT2D eigenvalue weighted by atomic mass is 35.5. The quantitative estimate of drug-likeness (QED) is 0.678. The van der Waals surface area contributed by atoms with E-state index < -0.39 is 6.10 Å². The third kappa shape index (κ3) is 6.36. The van der Waals surface area contributed by atoms with Crippen molar-refractivity contribution in [1.82, 2.24) is 10.2 Å². The first-order valence-electron chi connectivity index (χ1n) is 11.3. The monoisotopic (exact) mass is 450 g/mol. The molecule has 0 aromatic heterocycles. The number of hydrogen-bond acceptors (Lipinski definition) is 4. The maximum atomic E-state index is 12.5. The Morgan fingerprint density at radius 3 is 2.61 bits per heavy atom. The molecule has 3 rings (SSSR count). The van der Waals surface area contributed by atoms with E-state index in [1.807, 2.05) is 17.9 Å². The van der Waals surface area contributed by atoms with E-state index in [1.165, 1.54) is 0 Å². The van der Waals surface area contributed by atoms with Gasteiger partial charge >= 0.3 is 0 Å². The van der Waals surface area contributed by atoms with E-state index in [4.69, 9.17) is 21.1 Å². The van der Waals surface area contributed by atoms with Gasteiger partial charge in [0.15, 0.2) is 6.10 Å². The first-order chi connectivity index (χ1) is 14.7. The van der Waals surface area contributed by atoms with Gasteiger partial charge in [-0.25, -0.2) is 0 Å². The van der Waals surface area contributed by atoms with Crippen LogP contribution < -0.4 is 10.1 Å². The Labute approximate surface area is 190 Å². The molecule has 1 aromatic rings. The molecule has 0 radical (unpaired) electrons. The number of piperidine rings is 1. The lowest BCUT2D eigenvalue weighted by atomic mass is 9.88. The van der Waals surface area contributed by atoms with Crippen molar-refractivity contribution in [2.24, 2.45) is 5.92 Å². The lowest BCUT2D eigenvalue weighted by Gasteiger charge is -2.39. The Bertz CT molecular complexity index is 790. The summed E-state index contributed by atoms with van der Waals surface area (Å²) in [4.78, 5) is 26.8. The molecule has 6 nitrogen and oxygen atoms in total. The van der Waals surface area contributed by atoms with E-state index in [9.17, 15) is 9.59 Å². The minimum absolute atomic E-state index is 0.00586. The molecule has 0 bridgehead atoms. The van der Waals surface area contributed by atoms with E-state index in [-0.39, 0.29) is 23.5 Å². The number of benzene rings is 1. The van der Waals surface area contributed by atoms with Crippen LogP contribution in [-0.2, 0) is 14.3 Å². The molecule has 2 aliphatic rings. The molecule has 1 N–H and O–H groups in total. The number of nitrogens with zero attached hydrogens (tertiary/aromatic N) is 1. The largest absolute Gasteiger partial charge is 0.481 e. The molecule has 31 heavy (non-hydrogen) atoms. The van der Waals surface area contributed by atoms with Crippen molar-refractivity contribution < 1.29 is 19.1 Å². The topological polar surface area (TPSA) is 67.9 Å².